The van der Waals surface area contributed by atoms with Crippen molar-refractivity contribution in [2.45, 2.75) is 6.42 Å². The minimum Gasteiger partial charge on any atom is -0.383 e. The third-order valence-corrected chi connectivity index (χ3v) is 5.89. The number of nitrogens with one attached hydrogen (secondary N) is 1. The van der Waals surface area contributed by atoms with E-state index in [9.17, 15) is 4.79 Å². The van der Waals surface area contributed by atoms with Gasteiger partial charge in [0.1, 0.15) is 16.9 Å². The largest absolute Gasteiger partial charge is 0.383 e. The van der Waals surface area contributed by atoms with Gasteiger partial charge >= 0.3 is 0 Å². The van der Waals surface area contributed by atoms with Crippen molar-refractivity contribution in [2.24, 2.45) is 5.10 Å². The number of nitrogens with zero attached hydrogens (tertiary/aromatic N) is 4. The minimum atomic E-state index is -0.293. The third-order valence-electron chi connectivity index (χ3n) is 5.09. The quantitative estimate of drug-likeness (QED) is 0.389. The Morgan fingerprint density at radius 2 is 1.78 bits per heavy atom. The molecule has 2 aromatic carbocycles. The van der Waals surface area contributed by atoms with Crippen molar-refractivity contribution in [1.29, 1.82) is 0 Å². The highest BCUT2D eigenvalue weighted by Gasteiger charge is 2.23. The molecule has 0 aliphatic heterocycles. The Labute approximate surface area is 188 Å². The van der Waals surface area contributed by atoms with Gasteiger partial charge in [-0.2, -0.15) is 9.78 Å². The molecule has 5 aromatic rings. The first-order valence-electron chi connectivity index (χ1n) is 10.2. The third kappa shape index (κ3) is 3.83. The van der Waals surface area contributed by atoms with Crippen molar-refractivity contribution in [3.63, 3.8) is 0 Å². The van der Waals surface area contributed by atoms with Crippen molar-refractivity contribution in [3.05, 3.63) is 88.1 Å². The van der Waals surface area contributed by atoms with Gasteiger partial charge in [0, 0.05) is 11.4 Å². The van der Waals surface area contributed by atoms with Crippen molar-refractivity contribution >= 4 is 51.5 Å². The molecule has 0 aliphatic carbocycles. The second kappa shape index (κ2) is 8.60. The minimum absolute atomic E-state index is 0.209. The van der Waals surface area contributed by atoms with Crippen LogP contribution < -0.4 is 11.1 Å². The molecule has 5 rings (SSSR count). The van der Waals surface area contributed by atoms with E-state index < -0.39 is 0 Å². The van der Waals surface area contributed by atoms with Crippen LogP contribution in [0.25, 0.3) is 22.2 Å². The number of thiophene rings is 1. The van der Waals surface area contributed by atoms with Crippen LogP contribution >= 0.6 is 11.3 Å². The number of hydrogen-bond donors (Lipinski definition) is 2. The van der Waals surface area contributed by atoms with E-state index in [0.29, 0.717) is 28.7 Å². The van der Waals surface area contributed by atoms with E-state index in [2.05, 4.69) is 10.4 Å². The first kappa shape index (κ1) is 19.9. The molecule has 158 valence electrons. The van der Waals surface area contributed by atoms with Gasteiger partial charge in [0.2, 0.25) is 0 Å². The maximum absolute atomic E-state index is 13.1. The summed E-state index contributed by atoms with van der Waals surface area (Å²) in [6.45, 7) is 0.481. The zero-order valence-electron chi connectivity index (χ0n) is 17.1. The summed E-state index contributed by atoms with van der Waals surface area (Å²) < 4.78 is 1.49. The molecule has 0 spiro atoms. The van der Waals surface area contributed by atoms with E-state index in [0.717, 1.165) is 16.9 Å². The average molecular weight is 441 g/mol. The van der Waals surface area contributed by atoms with Crippen LogP contribution in [-0.4, -0.2) is 33.3 Å². The molecule has 0 radical (unpaired) electrons. The molecule has 0 saturated heterocycles. The highest BCUT2D eigenvalue weighted by Crippen LogP contribution is 2.28. The highest BCUT2D eigenvalue weighted by atomic mass is 32.1. The Balaban J connectivity index is 1.53. The Bertz CT molecular complexity index is 1420. The van der Waals surface area contributed by atoms with Crippen LogP contribution in [0.3, 0.4) is 0 Å². The zero-order chi connectivity index (χ0) is 21.9. The number of anilines is 1. The van der Waals surface area contributed by atoms with E-state index in [-0.39, 0.29) is 17.3 Å². The summed E-state index contributed by atoms with van der Waals surface area (Å²) >= 11 is 1.56. The number of nitrogen functional groups attached to an aromatic ring is 1. The van der Waals surface area contributed by atoms with Gasteiger partial charge in [-0.25, -0.2) is 9.97 Å². The van der Waals surface area contributed by atoms with Crippen molar-refractivity contribution in [3.8, 4) is 0 Å². The fourth-order valence-corrected chi connectivity index (χ4v) is 4.10. The highest BCUT2D eigenvalue weighted by molar-refractivity contribution is 7.11. The van der Waals surface area contributed by atoms with Gasteiger partial charge in [-0.15, -0.1) is 11.3 Å². The lowest BCUT2D eigenvalue weighted by atomic mass is 10.1. The van der Waals surface area contributed by atoms with E-state index in [1.807, 2.05) is 72.1 Å². The Morgan fingerprint density at radius 1 is 1.03 bits per heavy atom. The number of fused-ring (bicyclic) bond motifs is 2. The monoisotopic (exact) mass is 440 g/mol. The van der Waals surface area contributed by atoms with Gasteiger partial charge in [-0.1, -0.05) is 48.5 Å². The predicted molar refractivity (Wildman–Crippen MR) is 129 cm³/mol. The first-order chi connectivity index (χ1) is 15.7. The molecule has 3 aromatic heterocycles. The van der Waals surface area contributed by atoms with Gasteiger partial charge in [0.25, 0.3) is 5.91 Å². The number of hydrogen-bond acceptors (Lipinski definition) is 6. The molecule has 0 bridgehead atoms. The fourth-order valence-electron chi connectivity index (χ4n) is 3.52. The van der Waals surface area contributed by atoms with Crippen LogP contribution in [0.4, 0.5) is 5.82 Å². The van der Waals surface area contributed by atoms with Crippen molar-refractivity contribution in [2.75, 3.05) is 12.3 Å². The lowest BCUT2D eigenvalue weighted by Gasteiger charge is -2.05. The molecule has 0 atom stereocenters. The summed E-state index contributed by atoms with van der Waals surface area (Å²) in [6, 6.07) is 21.4. The van der Waals surface area contributed by atoms with Crippen LogP contribution in [0.2, 0.25) is 0 Å². The molecule has 0 unspecified atom stereocenters. The van der Waals surface area contributed by atoms with E-state index in [1.54, 1.807) is 17.6 Å². The van der Waals surface area contributed by atoms with E-state index in [1.165, 1.54) is 4.68 Å². The molecule has 1 amide bonds. The molecule has 8 heteroatoms. The van der Waals surface area contributed by atoms with Crippen LogP contribution in [0.1, 0.15) is 20.8 Å². The summed E-state index contributed by atoms with van der Waals surface area (Å²) in [5, 5.41) is 9.44. The Morgan fingerprint density at radius 3 is 2.53 bits per heavy atom. The number of nitrogens with two attached hydrogens (primary N) is 1. The Kier molecular flexibility index (Phi) is 5.35. The van der Waals surface area contributed by atoms with E-state index in [4.69, 9.17) is 15.7 Å². The van der Waals surface area contributed by atoms with Crippen LogP contribution in [0.5, 0.6) is 0 Å². The number of rotatable bonds is 6. The van der Waals surface area contributed by atoms with Gasteiger partial charge in [0.05, 0.1) is 17.2 Å². The normalized spacial score (nSPS) is 11.5. The van der Waals surface area contributed by atoms with Gasteiger partial charge in [0.15, 0.2) is 5.65 Å². The van der Waals surface area contributed by atoms with Gasteiger partial charge in [-0.05, 0) is 35.6 Å². The van der Waals surface area contributed by atoms with Gasteiger partial charge < -0.3 is 11.1 Å². The molecular weight excluding hydrogens is 420 g/mol. The van der Waals surface area contributed by atoms with Crippen LogP contribution in [0, 0.1) is 0 Å². The summed E-state index contributed by atoms with van der Waals surface area (Å²) in [6.07, 6.45) is 2.42. The summed E-state index contributed by atoms with van der Waals surface area (Å²) in [5.41, 5.74) is 10.1. The first-order valence-corrected chi connectivity index (χ1v) is 11.1. The lowest BCUT2D eigenvalue weighted by molar-refractivity contribution is 0.0956. The topological polar surface area (TPSA) is 98.2 Å². The molecule has 0 aliphatic rings. The maximum Gasteiger partial charge on any atom is 0.257 e. The number of benzene rings is 2. The second-order valence-electron chi connectivity index (χ2n) is 7.21. The van der Waals surface area contributed by atoms with Crippen molar-refractivity contribution in [1.82, 2.24) is 20.0 Å². The Hall–Kier alpha value is -4.04. The van der Waals surface area contributed by atoms with Crippen LogP contribution in [-0.2, 0) is 6.42 Å². The summed E-state index contributed by atoms with van der Waals surface area (Å²) in [4.78, 5) is 23.5. The molecule has 32 heavy (non-hydrogen) atoms. The summed E-state index contributed by atoms with van der Waals surface area (Å²) in [7, 11) is 0. The molecule has 0 saturated carbocycles. The van der Waals surface area contributed by atoms with Crippen LogP contribution in [0.15, 0.2) is 77.2 Å². The number of amides is 1. The lowest BCUT2D eigenvalue weighted by Crippen LogP contribution is -2.26. The smallest absolute Gasteiger partial charge is 0.257 e. The standard InChI is InChI=1S/C24H20N6OS/c25-22-20(24(31)26-13-12-16-7-2-1-3-8-16)21-23(29-19-11-5-4-10-18(19)28-21)30(22)27-15-17-9-6-14-32-17/h1-11,14-15H,12-13,25H2,(H,26,31)/b27-15+. The molecule has 3 heterocycles. The summed E-state index contributed by atoms with van der Waals surface area (Å²) in [5.74, 6) is -0.0848. The molecule has 0 fully saturated rings. The predicted octanol–water partition coefficient (Wildman–Crippen LogP) is 4.08. The average Bonchev–Trinajstić information content (AvgIpc) is 3.42. The fraction of sp³-hybridized carbons (Fsp3) is 0.0833. The molecule has 3 N–H and O–H groups in total. The van der Waals surface area contributed by atoms with E-state index >= 15 is 0 Å². The van der Waals surface area contributed by atoms with Gasteiger partial charge in [-0.3, -0.25) is 4.79 Å². The molecule has 7 nitrogen and oxygen atoms in total. The number of para-hydroxylation sites is 2. The number of carbonyl (C=O) groups excluding carboxylic acids is 1. The second-order valence-corrected chi connectivity index (χ2v) is 8.19. The van der Waals surface area contributed by atoms with Crippen molar-refractivity contribution < 1.29 is 4.79 Å². The molecular formula is C24H20N6OS. The number of carbonyl (C=O) groups is 1. The number of aromatic nitrogens is 3. The SMILES string of the molecule is Nc1c(C(=O)NCCc2ccccc2)c2nc3ccccc3nc2n1/N=C/c1cccs1. The zero-order valence-corrected chi connectivity index (χ0v) is 17.9. The maximum atomic E-state index is 13.1.